The fourth-order valence-electron chi connectivity index (χ4n) is 3.20. The molecule has 0 aliphatic rings. The summed E-state index contributed by atoms with van der Waals surface area (Å²) in [5, 5.41) is 0.350. The van der Waals surface area contributed by atoms with Crippen molar-refractivity contribution in [2.45, 2.75) is 6.92 Å². The third-order valence-electron chi connectivity index (χ3n) is 4.52. The molecule has 0 N–H and O–H groups in total. The monoisotopic (exact) mass is 397 g/mol. The van der Waals surface area contributed by atoms with E-state index >= 15 is 0 Å². The molecule has 4 aromatic rings. The molecule has 2 heterocycles. The molecule has 0 spiro atoms. The van der Waals surface area contributed by atoms with Crippen molar-refractivity contribution in [3.05, 3.63) is 81.9 Å². The van der Waals surface area contributed by atoms with Crippen LogP contribution in [0.1, 0.15) is 5.56 Å². The molecular formula is C21H14F3N3O2. The number of hydrogen-bond acceptors (Lipinski definition) is 4. The Morgan fingerprint density at radius 3 is 2.34 bits per heavy atom. The highest BCUT2D eigenvalue weighted by atomic mass is 19.1. The van der Waals surface area contributed by atoms with E-state index in [9.17, 15) is 18.0 Å². The minimum atomic E-state index is -0.920. The number of nitrogens with zero attached hydrogens (tertiary/aromatic N) is 3. The van der Waals surface area contributed by atoms with Gasteiger partial charge in [-0.15, -0.1) is 0 Å². The normalized spacial score (nSPS) is 11.1. The summed E-state index contributed by atoms with van der Waals surface area (Å²) in [5.41, 5.74) is 0.231. The number of methoxy groups -OCH3 is 1. The van der Waals surface area contributed by atoms with Crippen molar-refractivity contribution in [1.29, 1.82) is 0 Å². The van der Waals surface area contributed by atoms with Gasteiger partial charge in [-0.2, -0.15) is 9.97 Å². The van der Waals surface area contributed by atoms with Gasteiger partial charge >= 0.3 is 6.01 Å². The van der Waals surface area contributed by atoms with Crippen molar-refractivity contribution in [1.82, 2.24) is 14.5 Å². The van der Waals surface area contributed by atoms with Crippen LogP contribution in [0.4, 0.5) is 13.2 Å². The molecule has 0 atom stereocenters. The van der Waals surface area contributed by atoms with E-state index in [2.05, 4.69) is 9.97 Å². The molecule has 0 aliphatic heterocycles. The summed E-state index contributed by atoms with van der Waals surface area (Å²) in [4.78, 5) is 21.1. The number of aromatic nitrogens is 3. The molecule has 0 aliphatic carbocycles. The van der Waals surface area contributed by atoms with E-state index in [1.807, 2.05) is 0 Å². The zero-order chi connectivity index (χ0) is 20.7. The molecular weight excluding hydrogens is 383 g/mol. The van der Waals surface area contributed by atoms with E-state index in [1.54, 1.807) is 6.92 Å². The number of benzene rings is 2. The van der Waals surface area contributed by atoms with Crippen molar-refractivity contribution in [2.75, 3.05) is 7.11 Å². The Balaban J connectivity index is 2.16. The number of para-hydroxylation sites is 1. The van der Waals surface area contributed by atoms with E-state index in [-0.39, 0.29) is 11.7 Å². The zero-order valence-electron chi connectivity index (χ0n) is 15.4. The van der Waals surface area contributed by atoms with E-state index in [4.69, 9.17) is 4.74 Å². The Kier molecular flexibility index (Phi) is 4.54. The zero-order valence-corrected chi connectivity index (χ0v) is 15.4. The molecule has 146 valence electrons. The third-order valence-corrected chi connectivity index (χ3v) is 4.52. The first-order valence-electron chi connectivity index (χ1n) is 8.59. The van der Waals surface area contributed by atoms with Crippen LogP contribution in [0.15, 0.2) is 53.3 Å². The van der Waals surface area contributed by atoms with Gasteiger partial charge in [-0.25, -0.2) is 13.2 Å². The molecule has 0 radical (unpaired) electrons. The van der Waals surface area contributed by atoms with Crippen LogP contribution in [0.5, 0.6) is 6.01 Å². The molecule has 29 heavy (non-hydrogen) atoms. The van der Waals surface area contributed by atoms with E-state index in [1.165, 1.54) is 43.5 Å². The second-order valence-corrected chi connectivity index (χ2v) is 6.33. The van der Waals surface area contributed by atoms with E-state index in [0.29, 0.717) is 22.2 Å². The van der Waals surface area contributed by atoms with Gasteiger partial charge in [-0.3, -0.25) is 9.36 Å². The Hall–Kier alpha value is -3.68. The van der Waals surface area contributed by atoms with Gasteiger partial charge in [0.1, 0.15) is 23.1 Å². The summed E-state index contributed by atoms with van der Waals surface area (Å²) in [6.07, 6.45) is 0. The fourth-order valence-corrected chi connectivity index (χ4v) is 3.20. The van der Waals surface area contributed by atoms with Crippen molar-refractivity contribution >= 4 is 11.0 Å². The maximum Gasteiger partial charge on any atom is 0.318 e. The first-order chi connectivity index (χ1) is 13.9. The largest absolute Gasteiger partial charge is 0.467 e. The number of aryl methyl sites for hydroxylation is 1. The molecule has 0 saturated heterocycles. The van der Waals surface area contributed by atoms with Crippen molar-refractivity contribution in [3.8, 4) is 23.0 Å². The van der Waals surface area contributed by atoms with Crippen LogP contribution in [0.3, 0.4) is 0 Å². The SMILES string of the molecule is COc1nc(-c2ccc(F)cc2C)c2ccc(=O)n(-c3c(F)cccc3F)c2n1. The van der Waals surface area contributed by atoms with Gasteiger partial charge in [0, 0.05) is 17.0 Å². The lowest BCUT2D eigenvalue weighted by molar-refractivity contribution is 0.381. The minimum Gasteiger partial charge on any atom is -0.467 e. The predicted octanol–water partition coefficient (Wildman–Crippen LogP) is 4.18. The van der Waals surface area contributed by atoms with E-state index in [0.717, 1.165) is 16.7 Å². The van der Waals surface area contributed by atoms with Crippen LogP contribution in [-0.4, -0.2) is 21.6 Å². The van der Waals surface area contributed by atoms with Gasteiger partial charge in [0.2, 0.25) is 0 Å². The van der Waals surface area contributed by atoms with Crippen LogP contribution < -0.4 is 10.3 Å². The highest BCUT2D eigenvalue weighted by Gasteiger charge is 2.20. The summed E-state index contributed by atoms with van der Waals surface area (Å²) >= 11 is 0. The lowest BCUT2D eigenvalue weighted by atomic mass is 10.0. The third kappa shape index (κ3) is 3.12. The highest BCUT2D eigenvalue weighted by Crippen LogP contribution is 2.31. The van der Waals surface area contributed by atoms with Crippen LogP contribution >= 0.6 is 0 Å². The molecule has 4 rings (SSSR count). The van der Waals surface area contributed by atoms with Crippen LogP contribution in [-0.2, 0) is 0 Å². The van der Waals surface area contributed by atoms with Gasteiger partial charge in [0.25, 0.3) is 5.56 Å². The Morgan fingerprint density at radius 2 is 1.69 bits per heavy atom. The number of pyridine rings is 1. The Morgan fingerprint density at radius 1 is 0.966 bits per heavy atom. The smallest absolute Gasteiger partial charge is 0.318 e. The number of fused-ring (bicyclic) bond motifs is 1. The fraction of sp³-hybridized carbons (Fsp3) is 0.0952. The number of hydrogen-bond donors (Lipinski definition) is 0. The average molecular weight is 397 g/mol. The maximum atomic E-state index is 14.4. The molecule has 8 heteroatoms. The van der Waals surface area contributed by atoms with Gasteiger partial charge in [-0.1, -0.05) is 6.07 Å². The van der Waals surface area contributed by atoms with Gasteiger partial charge < -0.3 is 4.74 Å². The molecule has 0 fully saturated rings. The first kappa shape index (κ1) is 18.7. The standard InChI is InChI=1S/C21H14F3N3O2/c1-11-10-12(22)6-7-13(11)18-14-8-9-17(28)27(20(14)26-21(25-18)29-2)19-15(23)4-3-5-16(19)24/h3-10H,1-2H3. The molecule has 2 aromatic carbocycles. The molecule has 0 amide bonds. The summed E-state index contributed by atoms with van der Waals surface area (Å²) < 4.78 is 48.4. The molecule has 0 saturated carbocycles. The van der Waals surface area contributed by atoms with Crippen molar-refractivity contribution in [3.63, 3.8) is 0 Å². The molecule has 0 bridgehead atoms. The Labute approximate surface area is 163 Å². The molecule has 2 aromatic heterocycles. The summed E-state index contributed by atoms with van der Waals surface area (Å²) in [6.45, 7) is 1.70. The summed E-state index contributed by atoms with van der Waals surface area (Å²) in [6, 6.07) is 9.97. The minimum absolute atomic E-state index is 0.0351. The topological polar surface area (TPSA) is 57.0 Å². The number of halogens is 3. The first-order valence-corrected chi connectivity index (χ1v) is 8.59. The van der Waals surface area contributed by atoms with Crippen LogP contribution in [0.25, 0.3) is 28.0 Å². The number of rotatable bonds is 3. The van der Waals surface area contributed by atoms with Crippen LogP contribution in [0.2, 0.25) is 0 Å². The second-order valence-electron chi connectivity index (χ2n) is 6.33. The van der Waals surface area contributed by atoms with Crippen molar-refractivity contribution in [2.24, 2.45) is 0 Å². The highest BCUT2D eigenvalue weighted by molar-refractivity contribution is 5.92. The quantitative estimate of drug-likeness (QED) is 0.520. The maximum absolute atomic E-state index is 14.4. The second kappa shape index (κ2) is 7.05. The molecule has 5 nitrogen and oxygen atoms in total. The van der Waals surface area contributed by atoms with Gasteiger partial charge in [-0.05, 0) is 48.9 Å². The van der Waals surface area contributed by atoms with Gasteiger partial charge in [0.15, 0.2) is 5.65 Å². The summed E-state index contributed by atoms with van der Waals surface area (Å²) in [5.74, 6) is -2.25. The van der Waals surface area contributed by atoms with E-state index < -0.39 is 28.7 Å². The average Bonchev–Trinajstić information content (AvgIpc) is 2.68. The van der Waals surface area contributed by atoms with Crippen molar-refractivity contribution < 1.29 is 17.9 Å². The Bertz CT molecular complexity index is 1300. The lowest BCUT2D eigenvalue weighted by Gasteiger charge is -2.15. The molecule has 0 unspecified atom stereocenters. The predicted molar refractivity (Wildman–Crippen MR) is 102 cm³/mol. The van der Waals surface area contributed by atoms with Crippen LogP contribution in [0, 0.1) is 24.4 Å². The summed E-state index contributed by atoms with van der Waals surface area (Å²) in [7, 11) is 1.33. The lowest BCUT2D eigenvalue weighted by Crippen LogP contribution is -2.21. The van der Waals surface area contributed by atoms with Gasteiger partial charge in [0.05, 0.1) is 12.8 Å². The number of ether oxygens (including phenoxy) is 1.